The van der Waals surface area contributed by atoms with Gasteiger partial charge in [-0.2, -0.15) is 13.2 Å². The Morgan fingerprint density at radius 3 is 2.29 bits per heavy atom. The molecular weight excluding hydrogens is 667 g/mol. The van der Waals surface area contributed by atoms with Crippen molar-refractivity contribution in [2.24, 2.45) is 5.92 Å². The van der Waals surface area contributed by atoms with Crippen LogP contribution in [0.4, 0.5) is 34.1 Å². The van der Waals surface area contributed by atoms with Crippen molar-refractivity contribution in [3.63, 3.8) is 0 Å². The van der Waals surface area contributed by atoms with E-state index in [0.29, 0.717) is 25.3 Å². The SMILES string of the molecule is C[C@@H]1CCCCO[C@H](CN(C)C(=O)NC2CCCCC2)[C@H](C)CN([C@H](C)CO)C(=O)c2cc(NC(=O)Nc3ccc(C(F)(F)F)cc3)ccc2O1. The number of ether oxygens (including phenoxy) is 2. The smallest absolute Gasteiger partial charge is 0.416 e. The zero-order valence-electron chi connectivity index (χ0n) is 29.9. The maximum Gasteiger partial charge on any atom is 0.416 e. The molecule has 51 heavy (non-hydrogen) atoms. The normalized spacial score (nSPS) is 21.8. The largest absolute Gasteiger partial charge is 0.490 e. The number of anilines is 2. The molecule has 4 N–H and O–H groups in total. The molecule has 0 radical (unpaired) electrons. The molecule has 0 saturated heterocycles. The molecule has 282 valence electrons. The number of amides is 5. The van der Waals surface area contributed by atoms with Gasteiger partial charge in [0.05, 0.1) is 36.0 Å². The zero-order chi connectivity index (χ0) is 37.1. The molecule has 5 amide bonds. The predicted molar refractivity (Wildman–Crippen MR) is 189 cm³/mol. The molecule has 1 saturated carbocycles. The maximum absolute atomic E-state index is 14.4. The highest BCUT2D eigenvalue weighted by atomic mass is 19.4. The first-order chi connectivity index (χ1) is 24.2. The first-order valence-electron chi connectivity index (χ1n) is 17.9. The highest BCUT2D eigenvalue weighted by Gasteiger charge is 2.32. The van der Waals surface area contributed by atoms with Crippen molar-refractivity contribution in [3.8, 4) is 5.75 Å². The van der Waals surface area contributed by atoms with Crippen LogP contribution in [0.1, 0.15) is 88.1 Å². The van der Waals surface area contributed by atoms with Crippen LogP contribution in [0.5, 0.6) is 5.75 Å². The lowest BCUT2D eigenvalue weighted by Gasteiger charge is -2.36. The van der Waals surface area contributed by atoms with E-state index in [0.717, 1.165) is 62.8 Å². The number of urea groups is 2. The number of likely N-dealkylation sites (N-methyl/N-ethyl adjacent to an activating group) is 1. The fourth-order valence-corrected chi connectivity index (χ4v) is 6.38. The van der Waals surface area contributed by atoms with E-state index < -0.39 is 35.8 Å². The molecule has 2 aromatic rings. The Kier molecular flexibility index (Phi) is 14.4. The highest BCUT2D eigenvalue weighted by Crippen LogP contribution is 2.31. The van der Waals surface area contributed by atoms with Crippen LogP contribution < -0.4 is 20.7 Å². The molecule has 11 nitrogen and oxygen atoms in total. The highest BCUT2D eigenvalue weighted by molar-refractivity contribution is 6.02. The second-order valence-corrected chi connectivity index (χ2v) is 13.8. The third-order valence-corrected chi connectivity index (χ3v) is 9.51. The van der Waals surface area contributed by atoms with Gasteiger partial charge in [-0.1, -0.05) is 26.2 Å². The van der Waals surface area contributed by atoms with E-state index in [1.54, 1.807) is 35.9 Å². The fourth-order valence-electron chi connectivity index (χ4n) is 6.38. The Labute approximate surface area is 298 Å². The second-order valence-electron chi connectivity index (χ2n) is 13.8. The number of benzene rings is 2. The standard InChI is InChI=1S/C37H52F3N5O6/c1-24-21-45(25(2)23-46)34(47)31-20-30(42-35(48)41-29-15-13-27(14-16-29)37(38,39)40)17-18-32(31)51-26(3)10-8-9-19-50-33(24)22-44(4)36(49)43-28-11-6-5-7-12-28/h13-18,20,24-26,28,33,46H,5-12,19,21-23H2,1-4H3,(H,43,49)(H2,41,42,48)/t24-,25-,26-,33-/m1/s1. The van der Waals surface area contributed by atoms with Crippen LogP contribution in [0.15, 0.2) is 42.5 Å². The molecule has 2 aliphatic rings. The summed E-state index contributed by atoms with van der Waals surface area (Å²) in [6.07, 6.45) is 2.44. The Hall–Kier alpha value is -4.04. The van der Waals surface area contributed by atoms with E-state index in [1.165, 1.54) is 12.5 Å². The lowest BCUT2D eigenvalue weighted by molar-refractivity contribution is -0.137. The minimum atomic E-state index is -4.50. The van der Waals surface area contributed by atoms with Gasteiger partial charge in [0.2, 0.25) is 0 Å². The van der Waals surface area contributed by atoms with Crippen LogP contribution >= 0.6 is 0 Å². The Morgan fingerprint density at radius 1 is 0.980 bits per heavy atom. The number of aliphatic hydroxyl groups excluding tert-OH is 1. The third kappa shape index (κ3) is 11.7. The number of rotatable bonds is 7. The van der Waals surface area contributed by atoms with E-state index >= 15 is 0 Å². The van der Waals surface area contributed by atoms with Crippen molar-refractivity contribution >= 4 is 29.3 Å². The van der Waals surface area contributed by atoms with E-state index in [4.69, 9.17) is 9.47 Å². The van der Waals surface area contributed by atoms with Crippen molar-refractivity contribution in [2.45, 2.75) is 103 Å². The maximum atomic E-state index is 14.4. The molecule has 4 atom stereocenters. The van der Waals surface area contributed by atoms with E-state index in [2.05, 4.69) is 16.0 Å². The van der Waals surface area contributed by atoms with Crippen LogP contribution in [-0.4, -0.2) is 90.5 Å². The van der Waals surface area contributed by atoms with Crippen molar-refractivity contribution in [3.05, 3.63) is 53.6 Å². The van der Waals surface area contributed by atoms with Crippen LogP contribution in [0.2, 0.25) is 0 Å². The second kappa shape index (κ2) is 18.5. The summed E-state index contributed by atoms with van der Waals surface area (Å²) in [5.41, 5.74) is -0.271. The molecule has 1 heterocycles. The predicted octanol–water partition coefficient (Wildman–Crippen LogP) is 7.12. The van der Waals surface area contributed by atoms with Crippen LogP contribution in [0, 0.1) is 5.92 Å². The number of fused-ring (bicyclic) bond motifs is 1. The van der Waals surface area contributed by atoms with Gasteiger partial charge in [-0.3, -0.25) is 4.79 Å². The number of aliphatic hydroxyl groups is 1. The number of hydrogen-bond donors (Lipinski definition) is 4. The first-order valence-corrected chi connectivity index (χ1v) is 17.9. The minimum Gasteiger partial charge on any atom is -0.490 e. The number of nitrogens with one attached hydrogen (secondary N) is 3. The van der Waals surface area contributed by atoms with E-state index in [-0.39, 0.29) is 54.2 Å². The summed E-state index contributed by atoms with van der Waals surface area (Å²) in [5.74, 6) is -0.362. The van der Waals surface area contributed by atoms with Gasteiger partial charge in [-0.15, -0.1) is 0 Å². The minimum absolute atomic E-state index is 0.151. The summed E-state index contributed by atoms with van der Waals surface area (Å²) >= 11 is 0. The Morgan fingerprint density at radius 2 is 1.63 bits per heavy atom. The summed E-state index contributed by atoms with van der Waals surface area (Å²) in [7, 11) is 1.75. The molecule has 4 rings (SSSR count). The number of halogens is 3. The van der Waals surface area contributed by atoms with Crippen molar-refractivity contribution < 1.29 is 42.1 Å². The van der Waals surface area contributed by atoms with Gasteiger partial charge < -0.3 is 40.3 Å². The number of carbonyl (C=O) groups is 3. The third-order valence-electron chi connectivity index (χ3n) is 9.51. The topological polar surface area (TPSA) is 132 Å². The Balaban J connectivity index is 1.55. The summed E-state index contributed by atoms with van der Waals surface area (Å²) in [6, 6.07) is 7.40. The number of carbonyl (C=O) groups excluding carboxylic acids is 3. The van der Waals surface area contributed by atoms with Crippen molar-refractivity contribution in [2.75, 3.05) is 44.0 Å². The van der Waals surface area contributed by atoms with Gasteiger partial charge in [0.25, 0.3) is 5.91 Å². The van der Waals surface area contributed by atoms with Gasteiger partial charge in [0.15, 0.2) is 0 Å². The average molecular weight is 720 g/mol. The molecule has 1 aliphatic carbocycles. The number of alkyl halides is 3. The van der Waals surface area contributed by atoms with Gasteiger partial charge in [-0.25, -0.2) is 9.59 Å². The molecule has 14 heteroatoms. The van der Waals surface area contributed by atoms with Crippen LogP contribution in [0.3, 0.4) is 0 Å². The van der Waals surface area contributed by atoms with E-state index in [1.807, 2.05) is 13.8 Å². The van der Waals surface area contributed by atoms with Crippen molar-refractivity contribution in [1.29, 1.82) is 0 Å². The molecule has 1 aliphatic heterocycles. The monoisotopic (exact) mass is 719 g/mol. The Bertz CT molecular complexity index is 1450. The average Bonchev–Trinajstić information content (AvgIpc) is 3.09. The quantitative estimate of drug-likeness (QED) is 0.241. The van der Waals surface area contributed by atoms with E-state index in [9.17, 15) is 32.7 Å². The number of hydrogen-bond acceptors (Lipinski definition) is 6. The van der Waals surface area contributed by atoms with Gasteiger partial charge in [0.1, 0.15) is 5.75 Å². The molecule has 0 unspecified atom stereocenters. The summed E-state index contributed by atoms with van der Waals surface area (Å²) in [5, 5.41) is 18.5. The van der Waals surface area contributed by atoms with Crippen LogP contribution in [-0.2, 0) is 10.9 Å². The summed E-state index contributed by atoms with van der Waals surface area (Å²) in [6.45, 7) is 6.27. The molecular formula is C37H52F3N5O6. The molecule has 0 aromatic heterocycles. The fraction of sp³-hybridized carbons (Fsp3) is 0.595. The zero-order valence-corrected chi connectivity index (χ0v) is 29.9. The molecule has 0 spiro atoms. The number of nitrogens with zero attached hydrogens (tertiary/aromatic N) is 2. The van der Waals surface area contributed by atoms with Gasteiger partial charge >= 0.3 is 18.2 Å². The molecule has 0 bridgehead atoms. The van der Waals surface area contributed by atoms with Crippen LogP contribution in [0.25, 0.3) is 0 Å². The first kappa shape index (κ1) is 39.7. The van der Waals surface area contributed by atoms with Crippen molar-refractivity contribution in [1.82, 2.24) is 15.1 Å². The lowest BCUT2D eigenvalue weighted by atomic mass is 9.96. The molecule has 2 aromatic carbocycles. The lowest BCUT2D eigenvalue weighted by Crippen LogP contribution is -2.50. The molecule has 1 fully saturated rings. The van der Waals surface area contributed by atoms with Gasteiger partial charge in [0, 0.05) is 50.1 Å². The summed E-state index contributed by atoms with van der Waals surface area (Å²) < 4.78 is 51.5. The van der Waals surface area contributed by atoms with Gasteiger partial charge in [-0.05, 0) is 88.4 Å². The summed E-state index contributed by atoms with van der Waals surface area (Å²) in [4.78, 5) is 43.5.